The van der Waals surface area contributed by atoms with Crippen LogP contribution in [0.2, 0.25) is 0 Å². The van der Waals surface area contributed by atoms with Gasteiger partial charge >= 0.3 is 0 Å². The van der Waals surface area contributed by atoms with Crippen molar-refractivity contribution in [1.82, 2.24) is 9.97 Å². The number of nitrogens with two attached hydrogens (primary N) is 1. The Labute approximate surface area is 261 Å². The van der Waals surface area contributed by atoms with Gasteiger partial charge in [-0.25, -0.2) is 9.97 Å². The number of anilines is 1. The van der Waals surface area contributed by atoms with Gasteiger partial charge in [0.1, 0.15) is 12.1 Å². The predicted octanol–water partition coefficient (Wildman–Crippen LogP) is 9.02. The van der Waals surface area contributed by atoms with Crippen molar-refractivity contribution in [3.05, 3.63) is 71.0 Å². The summed E-state index contributed by atoms with van der Waals surface area (Å²) in [4.78, 5) is 16.7. The van der Waals surface area contributed by atoms with Crippen LogP contribution in [-0.2, 0) is 11.8 Å². The first-order valence-electron chi connectivity index (χ1n) is 16.8. The molecule has 1 aromatic heterocycles. The number of benzene rings is 1. The lowest BCUT2D eigenvalue weighted by Gasteiger charge is -2.55. The molecule has 4 saturated carbocycles. The zero-order chi connectivity index (χ0) is 30.8. The highest BCUT2D eigenvalue weighted by molar-refractivity contribution is 6.09. The number of hydrogen-bond donors (Lipinski definition) is 1. The quantitative estimate of drug-likeness (QED) is 0.300. The molecule has 6 rings (SSSR count). The SMILES string of the molecule is C=C(C1CCCCC1)N(CC12CCC(c3cc(C)c(CC)c(C)c3)(CC1)CC2)c1cc(/C(C=NC(C)(C)C)=C/N)ncn1. The summed E-state index contributed by atoms with van der Waals surface area (Å²) in [5.74, 6) is 1.46. The molecule has 1 aromatic carbocycles. The molecule has 0 aliphatic heterocycles. The fourth-order valence-corrected chi connectivity index (χ4v) is 8.22. The van der Waals surface area contributed by atoms with Gasteiger partial charge in [-0.05, 0) is 131 Å². The van der Waals surface area contributed by atoms with E-state index in [1.54, 1.807) is 18.1 Å². The number of aliphatic imine (C=N–C) groups is 1. The number of nitrogens with zero attached hydrogens (tertiary/aromatic N) is 4. The Kier molecular flexibility index (Phi) is 9.20. The lowest BCUT2D eigenvalue weighted by atomic mass is 9.51. The normalized spacial score (nSPS) is 24.9. The van der Waals surface area contributed by atoms with E-state index in [1.165, 1.54) is 93.0 Å². The maximum absolute atomic E-state index is 6.08. The molecule has 4 fully saturated rings. The Morgan fingerprint density at radius 2 is 1.63 bits per heavy atom. The van der Waals surface area contributed by atoms with Gasteiger partial charge in [0.15, 0.2) is 0 Å². The summed E-state index contributed by atoms with van der Waals surface area (Å²) < 4.78 is 0. The molecule has 2 aromatic rings. The van der Waals surface area contributed by atoms with E-state index < -0.39 is 0 Å². The van der Waals surface area contributed by atoms with Gasteiger partial charge in [0, 0.05) is 36.3 Å². The highest BCUT2D eigenvalue weighted by Crippen LogP contribution is 2.58. The average Bonchev–Trinajstić information content (AvgIpc) is 3.01. The lowest BCUT2D eigenvalue weighted by Crippen LogP contribution is -2.50. The van der Waals surface area contributed by atoms with E-state index >= 15 is 0 Å². The van der Waals surface area contributed by atoms with Crippen LogP contribution in [0.3, 0.4) is 0 Å². The number of allylic oxidation sites excluding steroid dienone is 2. The molecule has 2 N–H and O–H groups in total. The van der Waals surface area contributed by atoms with Crippen LogP contribution in [0.5, 0.6) is 0 Å². The Bertz CT molecular complexity index is 1320. The van der Waals surface area contributed by atoms with Crippen molar-refractivity contribution < 1.29 is 0 Å². The van der Waals surface area contributed by atoms with Gasteiger partial charge in [-0.15, -0.1) is 0 Å². The van der Waals surface area contributed by atoms with Crippen molar-refractivity contribution in [2.75, 3.05) is 11.4 Å². The predicted molar refractivity (Wildman–Crippen MR) is 183 cm³/mol. The second kappa shape index (κ2) is 12.6. The monoisotopic (exact) mass is 581 g/mol. The van der Waals surface area contributed by atoms with Crippen LogP contribution in [0, 0.1) is 25.2 Å². The zero-order valence-electron chi connectivity index (χ0n) is 27.8. The maximum Gasteiger partial charge on any atom is 0.136 e. The first-order valence-corrected chi connectivity index (χ1v) is 16.8. The number of aromatic nitrogens is 2. The lowest BCUT2D eigenvalue weighted by molar-refractivity contribution is 0.0459. The Morgan fingerprint density at radius 1 is 1.00 bits per heavy atom. The van der Waals surface area contributed by atoms with Crippen LogP contribution >= 0.6 is 0 Å². The smallest absolute Gasteiger partial charge is 0.136 e. The van der Waals surface area contributed by atoms with E-state index in [-0.39, 0.29) is 11.0 Å². The van der Waals surface area contributed by atoms with E-state index in [0.29, 0.717) is 11.3 Å². The summed E-state index contributed by atoms with van der Waals surface area (Å²) in [7, 11) is 0. The van der Waals surface area contributed by atoms with Crippen LogP contribution in [-0.4, -0.2) is 28.3 Å². The summed E-state index contributed by atoms with van der Waals surface area (Å²) >= 11 is 0. The molecule has 0 atom stereocenters. The summed E-state index contributed by atoms with van der Waals surface area (Å²) in [6.45, 7) is 18.9. The second-order valence-electron chi connectivity index (χ2n) is 14.9. The summed E-state index contributed by atoms with van der Waals surface area (Å²) in [5.41, 5.74) is 15.5. The van der Waals surface area contributed by atoms with Crippen LogP contribution in [0.4, 0.5) is 5.82 Å². The van der Waals surface area contributed by atoms with Gasteiger partial charge in [0.25, 0.3) is 0 Å². The third kappa shape index (κ3) is 6.76. The third-order valence-corrected chi connectivity index (χ3v) is 11.0. The molecule has 0 spiro atoms. The second-order valence-corrected chi connectivity index (χ2v) is 14.9. The molecule has 4 aliphatic carbocycles. The topological polar surface area (TPSA) is 67.4 Å². The van der Waals surface area contributed by atoms with Crippen LogP contribution < -0.4 is 10.6 Å². The molecule has 0 radical (unpaired) electrons. The van der Waals surface area contributed by atoms with Crippen molar-refractivity contribution in [1.29, 1.82) is 0 Å². The highest BCUT2D eigenvalue weighted by atomic mass is 15.2. The summed E-state index contributed by atoms with van der Waals surface area (Å²) in [5, 5.41) is 0. The number of rotatable bonds is 9. The molecule has 2 bridgehead atoms. The fourth-order valence-electron chi connectivity index (χ4n) is 8.22. The Balaban J connectivity index is 1.42. The molecule has 0 saturated heterocycles. The Hall–Kier alpha value is -2.95. The average molecular weight is 582 g/mol. The maximum atomic E-state index is 6.08. The molecule has 4 aliphatic rings. The van der Waals surface area contributed by atoms with Gasteiger partial charge < -0.3 is 10.6 Å². The number of aryl methyl sites for hydroxylation is 2. The molecule has 1 heterocycles. The number of fused-ring (bicyclic) bond motifs is 3. The van der Waals surface area contributed by atoms with E-state index in [1.807, 2.05) is 6.21 Å². The van der Waals surface area contributed by atoms with Gasteiger partial charge in [-0.2, -0.15) is 0 Å². The third-order valence-electron chi connectivity index (χ3n) is 11.0. The fraction of sp³-hybridized carbons (Fsp3) is 0.605. The summed E-state index contributed by atoms with van der Waals surface area (Å²) in [6.07, 6.45) is 20.3. The first kappa shape index (κ1) is 31.5. The van der Waals surface area contributed by atoms with Crippen LogP contribution in [0.1, 0.15) is 126 Å². The van der Waals surface area contributed by atoms with Gasteiger partial charge in [0.05, 0.1) is 11.2 Å². The zero-order valence-corrected chi connectivity index (χ0v) is 27.8. The number of hydrogen-bond acceptors (Lipinski definition) is 5. The molecule has 5 heteroatoms. The van der Waals surface area contributed by atoms with E-state index in [4.69, 9.17) is 22.3 Å². The minimum absolute atomic E-state index is 0.183. The van der Waals surface area contributed by atoms with E-state index in [9.17, 15) is 0 Å². The van der Waals surface area contributed by atoms with Gasteiger partial charge in [0.2, 0.25) is 0 Å². The highest BCUT2D eigenvalue weighted by Gasteiger charge is 2.50. The molecule has 0 amide bonds. The minimum atomic E-state index is -0.183. The molecular formula is C38H55N5. The molecule has 232 valence electrons. The molecular weight excluding hydrogens is 526 g/mol. The summed E-state index contributed by atoms with van der Waals surface area (Å²) in [6, 6.07) is 7.15. The molecule has 43 heavy (non-hydrogen) atoms. The van der Waals surface area contributed by atoms with E-state index in [0.717, 1.165) is 30.1 Å². The van der Waals surface area contributed by atoms with Crippen molar-refractivity contribution in [2.45, 2.75) is 130 Å². The molecule has 5 nitrogen and oxygen atoms in total. The minimum Gasteiger partial charge on any atom is -0.404 e. The van der Waals surface area contributed by atoms with Crippen LogP contribution in [0.25, 0.3) is 5.57 Å². The standard InChI is InChI=1S/C38H55N5/c1-8-33-27(2)20-32(21-28(33)3)38-17-14-37(15-18-38,16-19-38)25-43(29(4)30-12-10-9-11-13-30)35-22-34(40-26-41-35)31(23-39)24-42-36(5,6)7/h20-24,26,30H,4,8-19,25,39H2,1-3,5-7H3/b31-23+,42-24?. The van der Waals surface area contributed by atoms with Crippen molar-refractivity contribution in [3.8, 4) is 0 Å². The van der Waals surface area contributed by atoms with Gasteiger partial charge in [-0.1, -0.05) is 44.9 Å². The van der Waals surface area contributed by atoms with E-state index in [2.05, 4.69) is 69.6 Å². The van der Waals surface area contributed by atoms with Crippen molar-refractivity contribution in [3.63, 3.8) is 0 Å². The molecule has 0 unspecified atom stereocenters. The van der Waals surface area contributed by atoms with Gasteiger partial charge in [-0.3, -0.25) is 4.99 Å². The van der Waals surface area contributed by atoms with Crippen LogP contribution in [0.15, 0.2) is 48.0 Å². The van der Waals surface area contributed by atoms with Crippen molar-refractivity contribution in [2.24, 2.45) is 22.1 Å². The first-order chi connectivity index (χ1) is 20.5. The Morgan fingerprint density at radius 3 is 2.19 bits per heavy atom. The van der Waals surface area contributed by atoms with Crippen molar-refractivity contribution >= 4 is 17.6 Å². The largest absolute Gasteiger partial charge is 0.404 e.